The zero-order valence-corrected chi connectivity index (χ0v) is 23.5. The van der Waals surface area contributed by atoms with Gasteiger partial charge < -0.3 is 14.9 Å². The predicted octanol–water partition coefficient (Wildman–Crippen LogP) is 7.99. The molecule has 3 rings (SSSR count). The highest BCUT2D eigenvalue weighted by Gasteiger charge is 2.23. The number of carbonyl (C=O) groups is 2. The van der Waals surface area contributed by atoms with Gasteiger partial charge in [-0.1, -0.05) is 58.9 Å². The normalized spacial score (nSPS) is 11.5. The lowest BCUT2D eigenvalue weighted by Gasteiger charge is -2.20. The number of benzene rings is 3. The van der Waals surface area contributed by atoms with Crippen molar-refractivity contribution in [2.45, 2.75) is 52.4 Å². The molecule has 0 amide bonds. The van der Waals surface area contributed by atoms with E-state index in [2.05, 4.69) is 52.6 Å². The van der Waals surface area contributed by atoms with Crippen LogP contribution >= 0.6 is 31.9 Å². The Morgan fingerprint density at radius 3 is 2.03 bits per heavy atom. The van der Waals surface area contributed by atoms with Gasteiger partial charge in [-0.15, -0.1) is 0 Å². The van der Waals surface area contributed by atoms with Crippen molar-refractivity contribution >= 4 is 43.6 Å². The number of aromatic hydroxyl groups is 1. The number of carboxylic acid groups (broad SMARTS) is 1. The monoisotopic (exact) mass is 602 g/mol. The van der Waals surface area contributed by atoms with Gasteiger partial charge in [-0.2, -0.15) is 0 Å². The number of rotatable bonds is 7. The first-order chi connectivity index (χ1) is 16.3. The molecule has 3 aromatic carbocycles. The summed E-state index contributed by atoms with van der Waals surface area (Å²) in [5, 5.41) is 19.8. The van der Waals surface area contributed by atoms with E-state index >= 15 is 0 Å². The third kappa shape index (κ3) is 6.33. The van der Waals surface area contributed by atoms with Gasteiger partial charge >= 0.3 is 5.97 Å². The Bertz CT molecular complexity index is 1250. The lowest BCUT2D eigenvalue weighted by Crippen LogP contribution is -2.11. The largest absolute Gasteiger partial charge is 0.508 e. The minimum absolute atomic E-state index is 0.00241. The highest BCUT2D eigenvalue weighted by Crippen LogP contribution is 2.42. The lowest BCUT2D eigenvalue weighted by atomic mass is 9.86. The molecule has 0 saturated heterocycles. The van der Waals surface area contributed by atoms with Crippen LogP contribution in [0.2, 0.25) is 0 Å². The summed E-state index contributed by atoms with van der Waals surface area (Å²) in [5.41, 5.74) is 3.01. The fraction of sp³-hybridized carbons (Fsp3) is 0.286. The van der Waals surface area contributed by atoms with Gasteiger partial charge in [0.05, 0.1) is 20.9 Å². The van der Waals surface area contributed by atoms with E-state index in [0.717, 1.165) is 5.56 Å². The molecule has 0 unspecified atom stereocenters. The fourth-order valence-electron chi connectivity index (χ4n) is 3.68. The number of hydrogen-bond acceptors (Lipinski definition) is 4. The Hall–Kier alpha value is -2.64. The van der Waals surface area contributed by atoms with Gasteiger partial charge in [0.15, 0.2) is 11.5 Å². The summed E-state index contributed by atoms with van der Waals surface area (Å²) in [6.07, 6.45) is -0.136. The second-order valence-corrected chi connectivity index (χ2v) is 11.5. The molecule has 0 heterocycles. The molecule has 0 spiro atoms. The summed E-state index contributed by atoms with van der Waals surface area (Å²) < 4.78 is 7.30. The van der Waals surface area contributed by atoms with Gasteiger partial charge in [-0.25, -0.2) is 0 Å². The van der Waals surface area contributed by atoms with Crippen LogP contribution in [0.4, 0.5) is 0 Å². The Morgan fingerprint density at radius 1 is 0.971 bits per heavy atom. The highest BCUT2D eigenvalue weighted by atomic mass is 79.9. The van der Waals surface area contributed by atoms with Crippen molar-refractivity contribution in [3.8, 4) is 17.2 Å². The van der Waals surface area contributed by atoms with Crippen LogP contribution in [0.1, 0.15) is 73.1 Å². The second kappa shape index (κ2) is 10.5. The molecule has 0 bridgehead atoms. The molecule has 7 heteroatoms. The lowest BCUT2D eigenvalue weighted by molar-refractivity contribution is -0.136. The Labute approximate surface area is 222 Å². The van der Waals surface area contributed by atoms with Crippen LogP contribution in [0.25, 0.3) is 0 Å². The number of phenolic OH excluding ortho intramolecular Hbond substituents is 1. The zero-order chi connectivity index (χ0) is 26.1. The third-order valence-corrected chi connectivity index (χ3v) is 6.81. The topological polar surface area (TPSA) is 83.8 Å². The summed E-state index contributed by atoms with van der Waals surface area (Å²) in [6, 6.07) is 13.9. The molecule has 0 aliphatic rings. The summed E-state index contributed by atoms with van der Waals surface area (Å²) in [5.74, 6) is -0.501. The zero-order valence-electron chi connectivity index (χ0n) is 20.3. The van der Waals surface area contributed by atoms with Crippen molar-refractivity contribution in [3.05, 3.63) is 85.3 Å². The van der Waals surface area contributed by atoms with E-state index in [1.807, 2.05) is 26.0 Å². The van der Waals surface area contributed by atoms with Crippen molar-refractivity contribution in [2.75, 3.05) is 0 Å². The molecule has 3 aromatic rings. The van der Waals surface area contributed by atoms with E-state index in [1.165, 1.54) is 6.07 Å². The summed E-state index contributed by atoms with van der Waals surface area (Å²) in [4.78, 5) is 24.6. The second-order valence-electron chi connectivity index (χ2n) is 9.78. The molecule has 184 valence electrons. The van der Waals surface area contributed by atoms with Crippen LogP contribution in [-0.4, -0.2) is 22.0 Å². The Balaban J connectivity index is 2.08. The number of hydrogen-bond donors (Lipinski definition) is 2. The molecule has 0 aliphatic heterocycles. The van der Waals surface area contributed by atoms with Crippen LogP contribution in [0.15, 0.2) is 57.5 Å². The molecule has 0 aliphatic carbocycles. The molecular formula is C28H28Br2O5. The first kappa shape index (κ1) is 27.0. The number of carbonyl (C=O) groups excluding carboxylic acids is 1. The van der Waals surface area contributed by atoms with Crippen molar-refractivity contribution < 1.29 is 24.5 Å². The number of ether oxygens (including phenoxy) is 1. The van der Waals surface area contributed by atoms with Gasteiger partial charge in [0.25, 0.3) is 0 Å². The molecule has 5 nitrogen and oxygen atoms in total. The molecular weight excluding hydrogens is 576 g/mol. The average molecular weight is 604 g/mol. The first-order valence-corrected chi connectivity index (χ1v) is 12.8. The fourth-order valence-corrected chi connectivity index (χ4v) is 5.13. The molecule has 0 saturated carbocycles. The van der Waals surface area contributed by atoms with E-state index in [1.54, 1.807) is 30.3 Å². The maximum absolute atomic E-state index is 13.5. The Morgan fingerprint density at radius 2 is 1.54 bits per heavy atom. The number of halogens is 2. The highest BCUT2D eigenvalue weighted by molar-refractivity contribution is 9.11. The van der Waals surface area contributed by atoms with Crippen molar-refractivity contribution in [1.29, 1.82) is 0 Å². The minimum Gasteiger partial charge on any atom is -0.508 e. The number of carboxylic acids is 1. The van der Waals surface area contributed by atoms with Gasteiger partial charge in [0.2, 0.25) is 0 Å². The van der Waals surface area contributed by atoms with Gasteiger partial charge in [-0.3, -0.25) is 9.59 Å². The van der Waals surface area contributed by atoms with Crippen LogP contribution in [0, 0.1) is 0 Å². The van der Waals surface area contributed by atoms with Gasteiger partial charge in [-0.05, 0) is 78.6 Å². The third-order valence-electron chi connectivity index (χ3n) is 5.63. The molecule has 2 N–H and O–H groups in total. The van der Waals surface area contributed by atoms with E-state index in [4.69, 9.17) is 9.84 Å². The summed E-state index contributed by atoms with van der Waals surface area (Å²) >= 11 is 6.92. The van der Waals surface area contributed by atoms with Gasteiger partial charge in [0, 0.05) is 11.1 Å². The SMILES string of the molecule is CC(C)c1cc(Oc2c(Br)cc(CC(=O)O)cc2Br)c(C(=O)c2ccc(C(C)(C)C)cc2)cc1O. The molecule has 0 fully saturated rings. The molecule has 35 heavy (non-hydrogen) atoms. The van der Waals surface area contributed by atoms with Crippen LogP contribution in [0.3, 0.4) is 0 Å². The summed E-state index contributed by atoms with van der Waals surface area (Å²) in [7, 11) is 0. The average Bonchev–Trinajstić information content (AvgIpc) is 2.75. The minimum atomic E-state index is -0.942. The van der Waals surface area contributed by atoms with Crippen LogP contribution < -0.4 is 4.74 Å². The quantitative estimate of drug-likeness (QED) is 0.267. The number of aliphatic carboxylic acids is 1. The standard InChI is InChI=1S/C28H28Br2O5/c1-15(2)19-14-24(35-27-21(29)10-16(11-22(27)30)12-25(32)33)20(13-23(19)31)26(34)17-6-8-18(9-7-17)28(3,4)5/h6-11,13-15,31H,12H2,1-5H3,(H,32,33). The van der Waals surface area contributed by atoms with Crippen LogP contribution in [-0.2, 0) is 16.6 Å². The van der Waals surface area contributed by atoms with Crippen molar-refractivity contribution in [3.63, 3.8) is 0 Å². The molecule has 0 aromatic heterocycles. The van der Waals surface area contributed by atoms with E-state index in [-0.39, 0.29) is 34.8 Å². The van der Waals surface area contributed by atoms with Crippen molar-refractivity contribution in [2.24, 2.45) is 0 Å². The Kier molecular flexibility index (Phi) is 8.12. The first-order valence-electron chi connectivity index (χ1n) is 11.2. The predicted molar refractivity (Wildman–Crippen MR) is 144 cm³/mol. The van der Waals surface area contributed by atoms with E-state index < -0.39 is 5.97 Å². The maximum atomic E-state index is 13.5. The molecule has 0 radical (unpaired) electrons. The molecule has 0 atom stereocenters. The van der Waals surface area contributed by atoms with Crippen LogP contribution in [0.5, 0.6) is 17.2 Å². The number of ketones is 1. The number of phenols is 1. The summed E-state index contributed by atoms with van der Waals surface area (Å²) in [6.45, 7) is 10.2. The van der Waals surface area contributed by atoms with Crippen molar-refractivity contribution in [1.82, 2.24) is 0 Å². The van der Waals surface area contributed by atoms with E-state index in [9.17, 15) is 14.7 Å². The van der Waals surface area contributed by atoms with Gasteiger partial charge in [0.1, 0.15) is 11.5 Å². The maximum Gasteiger partial charge on any atom is 0.307 e. The van der Waals surface area contributed by atoms with E-state index in [0.29, 0.717) is 37.1 Å². The smallest absolute Gasteiger partial charge is 0.307 e.